The molecule has 2 aromatic rings. The average Bonchev–Trinajstić information content (AvgIpc) is 3.62. The highest BCUT2D eigenvalue weighted by Gasteiger charge is 2.61. The lowest BCUT2D eigenvalue weighted by Gasteiger charge is -2.43. The molecule has 0 radical (unpaired) electrons. The first kappa shape index (κ1) is 19.6. The third-order valence-corrected chi connectivity index (χ3v) is 6.03. The Bertz CT molecular complexity index is 1150. The van der Waals surface area contributed by atoms with E-state index in [2.05, 4.69) is 11.4 Å². The Morgan fingerprint density at radius 2 is 1.87 bits per heavy atom. The van der Waals surface area contributed by atoms with Crippen LogP contribution in [0.3, 0.4) is 0 Å². The van der Waals surface area contributed by atoms with Crippen molar-refractivity contribution in [3.8, 4) is 12.1 Å². The monoisotopic (exact) mass is 395 g/mol. The van der Waals surface area contributed by atoms with Crippen molar-refractivity contribution < 1.29 is 9.67 Å². The zero-order valence-electron chi connectivity index (χ0n) is 16.6. The van der Waals surface area contributed by atoms with Gasteiger partial charge >= 0.3 is 0 Å². The van der Waals surface area contributed by atoms with Crippen molar-refractivity contribution in [1.29, 1.82) is 10.5 Å². The van der Waals surface area contributed by atoms with Crippen LogP contribution < -0.4 is 9.88 Å². The number of nitrogens with zero attached hydrogens (tertiary/aromatic N) is 4. The fourth-order valence-electron chi connectivity index (χ4n) is 4.47. The quantitative estimate of drug-likeness (QED) is 0.472. The number of aromatic nitrogens is 1. The Kier molecular flexibility index (Phi) is 4.98. The lowest BCUT2D eigenvalue weighted by atomic mass is 9.73. The van der Waals surface area contributed by atoms with Gasteiger partial charge in [-0.2, -0.15) is 15.1 Å². The summed E-state index contributed by atoms with van der Waals surface area (Å²) in [6.45, 7) is 1.96. The zero-order valence-corrected chi connectivity index (χ0v) is 16.6. The van der Waals surface area contributed by atoms with E-state index in [9.17, 15) is 21.0 Å². The maximum Gasteiger partial charge on any atom is 0.217 e. The Balaban J connectivity index is 2.06. The molecule has 6 nitrogen and oxygen atoms in total. The fraction of sp³-hybridized carbons (Fsp3) is 0.292. The first-order valence-corrected chi connectivity index (χ1v) is 9.89. The second-order valence-electron chi connectivity index (χ2n) is 7.81. The van der Waals surface area contributed by atoms with E-state index < -0.39 is 17.7 Å². The van der Waals surface area contributed by atoms with E-state index in [0.29, 0.717) is 0 Å². The van der Waals surface area contributed by atoms with Gasteiger partial charge in [0.15, 0.2) is 11.9 Å². The maximum absolute atomic E-state index is 12.0. The second-order valence-corrected chi connectivity index (χ2v) is 7.81. The molecule has 0 amide bonds. The standard InChI is InChI=1S/C24H21N5O/c1-16-7-5-6-12-29(16)23-21(17-8-3-2-4-9-17)20(15-27)22(18(13-25)14-26)28-24(23,30)19-10-11-19/h2-9,12,19,21,23,28,30H,10-11H2,1H3. The predicted molar refractivity (Wildman–Crippen MR) is 111 cm³/mol. The normalized spacial score (nSPS) is 25.5. The number of allylic oxidation sites excluding steroid dienone is 2. The molecular formula is C24H21N5O. The van der Waals surface area contributed by atoms with Crippen molar-refractivity contribution >= 4 is 5.87 Å². The molecule has 30 heavy (non-hydrogen) atoms. The molecule has 1 aliphatic heterocycles. The molecule has 1 fully saturated rings. The largest absolute Gasteiger partial charge is 0.762 e. The van der Waals surface area contributed by atoms with E-state index in [1.807, 2.05) is 78.2 Å². The molecular weight excluding hydrogens is 374 g/mol. The summed E-state index contributed by atoms with van der Waals surface area (Å²) in [6, 6.07) is 18.9. The van der Waals surface area contributed by atoms with Gasteiger partial charge in [-0.25, -0.2) is 5.87 Å². The van der Waals surface area contributed by atoms with Crippen LogP contribution >= 0.6 is 0 Å². The summed E-state index contributed by atoms with van der Waals surface area (Å²) < 4.78 is 2.00. The van der Waals surface area contributed by atoms with Crippen molar-refractivity contribution in [1.82, 2.24) is 5.32 Å². The van der Waals surface area contributed by atoms with Crippen LogP contribution in [0.5, 0.6) is 0 Å². The third-order valence-electron chi connectivity index (χ3n) is 6.03. The minimum absolute atomic E-state index is 0.0466. The summed E-state index contributed by atoms with van der Waals surface area (Å²) in [7, 11) is 0. The lowest BCUT2D eigenvalue weighted by Crippen LogP contribution is -2.66. The Hall–Kier alpha value is -3.70. The highest BCUT2D eigenvalue weighted by molar-refractivity contribution is 5.74. The van der Waals surface area contributed by atoms with E-state index in [1.54, 1.807) is 0 Å². The molecule has 1 aliphatic carbocycles. The van der Waals surface area contributed by atoms with Crippen molar-refractivity contribution in [2.45, 2.75) is 37.5 Å². The van der Waals surface area contributed by atoms with Gasteiger partial charge in [-0.1, -0.05) is 36.4 Å². The van der Waals surface area contributed by atoms with Crippen LogP contribution in [-0.2, 0) is 0 Å². The highest BCUT2D eigenvalue weighted by Crippen LogP contribution is 2.52. The molecule has 2 heterocycles. The molecule has 0 saturated heterocycles. The number of aliphatic hydroxyl groups is 1. The van der Waals surface area contributed by atoms with Crippen LogP contribution in [0.1, 0.15) is 36.1 Å². The number of pyridine rings is 1. The minimum Gasteiger partial charge on any atom is -0.762 e. The highest BCUT2D eigenvalue weighted by atomic mass is 16.3. The van der Waals surface area contributed by atoms with Gasteiger partial charge in [0, 0.05) is 25.0 Å². The SMILES string of the molecule is Cc1cccc[n+]1C1C(c2ccccc2)C(C#N)=C(C(=C=[N-])C#N)NC1(O)C1CC1. The Morgan fingerprint density at radius 3 is 2.43 bits per heavy atom. The Morgan fingerprint density at radius 1 is 1.17 bits per heavy atom. The van der Waals surface area contributed by atoms with Gasteiger partial charge in [0.25, 0.3) is 0 Å². The van der Waals surface area contributed by atoms with E-state index in [0.717, 1.165) is 24.1 Å². The zero-order chi connectivity index (χ0) is 21.3. The average molecular weight is 395 g/mol. The first-order valence-electron chi connectivity index (χ1n) is 9.89. The number of rotatable bonds is 4. The molecule has 1 aromatic heterocycles. The van der Waals surface area contributed by atoms with Crippen molar-refractivity contribution in [2.75, 3.05) is 0 Å². The third kappa shape index (κ3) is 3.09. The summed E-state index contributed by atoms with van der Waals surface area (Å²) in [6.07, 6.45) is 3.57. The first-order chi connectivity index (χ1) is 14.5. The van der Waals surface area contributed by atoms with Gasteiger partial charge in [-0.05, 0) is 18.4 Å². The second kappa shape index (κ2) is 7.61. The topological polar surface area (TPSA) is 106 Å². The molecule has 1 aromatic carbocycles. The molecule has 2 N–H and O–H groups in total. The number of nitrogens with one attached hydrogen (secondary N) is 1. The van der Waals surface area contributed by atoms with Gasteiger partial charge in [0.2, 0.25) is 11.8 Å². The van der Waals surface area contributed by atoms with E-state index >= 15 is 0 Å². The van der Waals surface area contributed by atoms with Crippen molar-refractivity contribution in [2.24, 2.45) is 5.92 Å². The van der Waals surface area contributed by atoms with Crippen LogP contribution in [0.25, 0.3) is 5.41 Å². The number of hydrogen-bond donors (Lipinski definition) is 2. The van der Waals surface area contributed by atoms with Gasteiger partial charge < -0.3 is 15.8 Å². The molecule has 1 saturated carbocycles. The van der Waals surface area contributed by atoms with Gasteiger partial charge in [0.05, 0.1) is 28.8 Å². The summed E-state index contributed by atoms with van der Waals surface area (Å²) >= 11 is 0. The molecule has 3 unspecified atom stereocenters. The van der Waals surface area contributed by atoms with Crippen LogP contribution in [0, 0.1) is 35.5 Å². The summed E-state index contributed by atoms with van der Waals surface area (Å²) in [5.74, 6) is 1.31. The maximum atomic E-state index is 12.0. The smallest absolute Gasteiger partial charge is 0.217 e. The number of aryl methyl sites for hydroxylation is 1. The van der Waals surface area contributed by atoms with Crippen LogP contribution in [0.4, 0.5) is 0 Å². The van der Waals surface area contributed by atoms with E-state index in [4.69, 9.17) is 0 Å². The molecule has 3 atom stereocenters. The molecule has 0 spiro atoms. The van der Waals surface area contributed by atoms with E-state index in [1.165, 1.54) is 0 Å². The lowest BCUT2D eigenvalue weighted by molar-refractivity contribution is -0.747. The molecule has 0 bridgehead atoms. The summed E-state index contributed by atoms with van der Waals surface area (Å²) in [5, 5.41) is 44.2. The van der Waals surface area contributed by atoms with Crippen molar-refractivity contribution in [3.05, 3.63) is 88.2 Å². The Labute approximate surface area is 175 Å². The number of hydrogen-bond acceptors (Lipinski definition) is 4. The minimum atomic E-state index is -1.41. The number of benzene rings is 1. The summed E-state index contributed by atoms with van der Waals surface area (Å²) in [4.78, 5) is 0. The predicted octanol–water partition coefficient (Wildman–Crippen LogP) is 2.78. The molecule has 6 heteroatoms. The van der Waals surface area contributed by atoms with Gasteiger partial charge in [-0.3, -0.25) is 0 Å². The molecule has 148 valence electrons. The van der Waals surface area contributed by atoms with Crippen LogP contribution in [-0.4, -0.2) is 16.7 Å². The van der Waals surface area contributed by atoms with Crippen LogP contribution in [0.2, 0.25) is 0 Å². The molecule has 2 aliphatic rings. The van der Waals surface area contributed by atoms with E-state index in [-0.39, 0.29) is 22.8 Å². The fourth-order valence-corrected chi connectivity index (χ4v) is 4.47. The summed E-state index contributed by atoms with van der Waals surface area (Å²) in [5.41, 5.74) is 0.602. The van der Waals surface area contributed by atoms with Crippen molar-refractivity contribution in [3.63, 3.8) is 0 Å². The number of nitriles is 2. The van der Waals surface area contributed by atoms with Gasteiger partial charge in [-0.15, -0.1) is 0 Å². The van der Waals surface area contributed by atoms with Crippen LogP contribution in [0.15, 0.2) is 71.6 Å². The molecule has 4 rings (SSSR count). The van der Waals surface area contributed by atoms with Gasteiger partial charge in [0.1, 0.15) is 6.07 Å².